The number of methoxy groups -OCH3 is 1. The van der Waals surface area contributed by atoms with E-state index in [4.69, 9.17) is 21.7 Å². The van der Waals surface area contributed by atoms with Crippen molar-refractivity contribution < 1.29 is 13.9 Å². The fourth-order valence-corrected chi connectivity index (χ4v) is 6.51. The third kappa shape index (κ3) is 2.90. The first-order valence-electron chi connectivity index (χ1n) is 10.8. The number of hydrogen-bond donors (Lipinski definition) is 1. The van der Waals surface area contributed by atoms with E-state index in [1.54, 1.807) is 20.2 Å². The van der Waals surface area contributed by atoms with Crippen molar-refractivity contribution in [1.82, 2.24) is 4.90 Å². The molecule has 1 heterocycles. The molecule has 0 aromatic heterocycles. The van der Waals surface area contributed by atoms with Crippen LogP contribution >= 0.6 is 11.6 Å². The Kier molecular flexibility index (Phi) is 4.76. The molecule has 2 aromatic carbocycles. The van der Waals surface area contributed by atoms with Crippen LogP contribution < -0.4 is 0 Å². The predicted octanol–water partition coefficient (Wildman–Crippen LogP) is 5.35. The number of hydrogen-bond acceptors (Lipinski definition) is 3. The molecule has 0 radical (unpaired) electrons. The summed E-state index contributed by atoms with van der Waals surface area (Å²) >= 11 is 6.10. The molecule has 1 aliphatic heterocycles. The lowest BCUT2D eigenvalue weighted by Crippen LogP contribution is -2.50. The van der Waals surface area contributed by atoms with Crippen LogP contribution in [0.25, 0.3) is 11.1 Å². The van der Waals surface area contributed by atoms with Gasteiger partial charge in [0.05, 0.1) is 11.5 Å². The number of nitrogens with zero attached hydrogens (tertiary/aromatic N) is 1. The fourth-order valence-electron chi connectivity index (χ4n) is 6.29. The van der Waals surface area contributed by atoms with E-state index in [1.165, 1.54) is 22.6 Å². The van der Waals surface area contributed by atoms with Gasteiger partial charge >= 0.3 is 0 Å². The lowest BCUT2D eigenvalue weighted by atomic mass is 9.56. The molecule has 2 aliphatic carbocycles. The minimum absolute atomic E-state index is 0.0153. The Hall–Kier alpha value is -2.24. The van der Waals surface area contributed by atoms with Crippen molar-refractivity contribution in [2.75, 3.05) is 14.2 Å². The molecule has 1 saturated heterocycles. The molecular formula is C25H26ClFN2O2. The number of likely N-dealkylation sites (N-methyl/N-ethyl adjacent to an activating group) is 1. The maximum atomic E-state index is 14.0. The molecule has 2 aromatic rings. The number of amidine groups is 1. The number of ether oxygens (including phenoxy) is 1. The molecule has 0 bridgehead atoms. The monoisotopic (exact) mass is 440 g/mol. The van der Waals surface area contributed by atoms with Crippen molar-refractivity contribution in [2.24, 2.45) is 5.41 Å². The van der Waals surface area contributed by atoms with Gasteiger partial charge in [-0.3, -0.25) is 10.2 Å². The molecule has 5 rings (SSSR count). The van der Waals surface area contributed by atoms with Gasteiger partial charge in [0.15, 0.2) is 0 Å². The molecular weight excluding hydrogens is 415 g/mol. The first-order chi connectivity index (χ1) is 14.8. The molecule has 2 fully saturated rings. The van der Waals surface area contributed by atoms with E-state index >= 15 is 0 Å². The van der Waals surface area contributed by atoms with Gasteiger partial charge in [0, 0.05) is 25.6 Å². The highest BCUT2D eigenvalue weighted by molar-refractivity contribution is 6.30. The Morgan fingerprint density at radius 3 is 2.48 bits per heavy atom. The number of fused-ring (bicyclic) bond motifs is 3. The van der Waals surface area contributed by atoms with Gasteiger partial charge in [-0.1, -0.05) is 23.7 Å². The van der Waals surface area contributed by atoms with Crippen molar-refractivity contribution in [3.05, 3.63) is 58.4 Å². The predicted molar refractivity (Wildman–Crippen MR) is 119 cm³/mol. The third-order valence-electron chi connectivity index (χ3n) is 7.93. The third-order valence-corrected chi connectivity index (χ3v) is 8.15. The lowest BCUT2D eigenvalue weighted by molar-refractivity contribution is -0.136. The van der Waals surface area contributed by atoms with Crippen LogP contribution in [0, 0.1) is 16.6 Å². The Morgan fingerprint density at radius 2 is 1.87 bits per heavy atom. The highest BCUT2D eigenvalue weighted by Gasteiger charge is 2.66. The number of benzene rings is 2. The van der Waals surface area contributed by atoms with Gasteiger partial charge in [-0.15, -0.1) is 0 Å². The van der Waals surface area contributed by atoms with Crippen LogP contribution in [0.1, 0.15) is 43.2 Å². The van der Waals surface area contributed by atoms with Crippen molar-refractivity contribution >= 4 is 23.3 Å². The molecule has 1 unspecified atom stereocenters. The van der Waals surface area contributed by atoms with Crippen molar-refractivity contribution in [1.29, 1.82) is 5.41 Å². The first-order valence-corrected chi connectivity index (χ1v) is 11.2. The summed E-state index contributed by atoms with van der Waals surface area (Å²) in [4.78, 5) is 15.3. The number of amides is 1. The molecule has 2 spiro atoms. The van der Waals surface area contributed by atoms with Gasteiger partial charge in [-0.05, 0) is 84.0 Å². The summed E-state index contributed by atoms with van der Waals surface area (Å²) in [6, 6.07) is 10.6. The number of rotatable bonds is 2. The van der Waals surface area contributed by atoms with Gasteiger partial charge in [-0.25, -0.2) is 4.39 Å². The normalized spacial score (nSPS) is 29.9. The Bertz CT molecular complexity index is 1070. The standard InChI is InChI=1S/C25H26ClFN2O2/c1-29-22(28)14-25(23(29)30)21-11-15(17-9-18(26)12-19(27)10-17)3-4-16(21)13-24(25)7-5-20(31-2)6-8-24/h3-4,9-12,20,28H,5-8,13-14H2,1-2H3. The molecule has 3 aliphatic rings. The zero-order valence-corrected chi connectivity index (χ0v) is 18.6. The maximum Gasteiger partial charge on any atom is 0.239 e. The van der Waals surface area contributed by atoms with Crippen molar-refractivity contribution in [3.63, 3.8) is 0 Å². The van der Waals surface area contributed by atoms with Gasteiger partial charge < -0.3 is 9.64 Å². The average molecular weight is 441 g/mol. The van der Waals surface area contributed by atoms with E-state index in [-0.39, 0.29) is 23.2 Å². The molecule has 1 N–H and O–H groups in total. The van der Waals surface area contributed by atoms with Gasteiger partial charge in [0.25, 0.3) is 0 Å². The summed E-state index contributed by atoms with van der Waals surface area (Å²) in [5, 5.41) is 8.83. The number of likely N-dealkylation sites (tertiary alicyclic amines) is 1. The number of carbonyl (C=O) groups excluding carboxylic acids is 1. The molecule has 1 amide bonds. The summed E-state index contributed by atoms with van der Waals surface area (Å²) in [5.41, 5.74) is 2.76. The number of nitrogens with one attached hydrogen (secondary N) is 1. The second-order valence-corrected chi connectivity index (χ2v) is 9.75. The molecule has 1 atom stereocenters. The van der Waals surface area contributed by atoms with Gasteiger partial charge in [0.2, 0.25) is 5.91 Å². The topological polar surface area (TPSA) is 53.4 Å². The van der Waals surface area contributed by atoms with Crippen molar-refractivity contribution in [2.45, 2.75) is 50.0 Å². The quantitative estimate of drug-likeness (QED) is 0.683. The Labute approximate surface area is 186 Å². The van der Waals surface area contributed by atoms with Crippen LogP contribution in [0.3, 0.4) is 0 Å². The van der Waals surface area contributed by atoms with Crippen LogP contribution in [-0.4, -0.2) is 36.9 Å². The minimum Gasteiger partial charge on any atom is -0.381 e. The van der Waals surface area contributed by atoms with Gasteiger partial charge in [0.1, 0.15) is 11.7 Å². The van der Waals surface area contributed by atoms with Crippen LogP contribution in [0.2, 0.25) is 5.02 Å². The van der Waals surface area contributed by atoms with Crippen molar-refractivity contribution in [3.8, 4) is 11.1 Å². The summed E-state index contributed by atoms with van der Waals surface area (Å²) in [5.74, 6) is -0.00245. The van der Waals surface area contributed by atoms with Crippen LogP contribution in [0.4, 0.5) is 4.39 Å². The van der Waals surface area contributed by atoms with E-state index in [2.05, 4.69) is 6.07 Å². The first kappa shape index (κ1) is 20.7. The molecule has 1 saturated carbocycles. The second-order valence-electron chi connectivity index (χ2n) is 9.32. The zero-order chi connectivity index (χ0) is 22.0. The maximum absolute atomic E-state index is 14.0. The van der Waals surface area contributed by atoms with E-state index < -0.39 is 5.41 Å². The number of halogens is 2. The molecule has 162 valence electrons. The van der Waals surface area contributed by atoms with Crippen LogP contribution in [-0.2, 0) is 21.4 Å². The van der Waals surface area contributed by atoms with Crippen LogP contribution in [0.15, 0.2) is 36.4 Å². The lowest BCUT2D eigenvalue weighted by Gasteiger charge is -2.46. The highest BCUT2D eigenvalue weighted by Crippen LogP contribution is 2.63. The van der Waals surface area contributed by atoms with E-state index in [1.807, 2.05) is 12.1 Å². The largest absolute Gasteiger partial charge is 0.381 e. The summed E-state index contributed by atoms with van der Waals surface area (Å²) in [6.07, 6.45) is 5.11. The average Bonchev–Trinajstić information content (AvgIpc) is 3.14. The minimum atomic E-state index is -0.736. The summed E-state index contributed by atoms with van der Waals surface area (Å²) < 4.78 is 19.6. The zero-order valence-electron chi connectivity index (χ0n) is 17.8. The van der Waals surface area contributed by atoms with Gasteiger partial charge in [-0.2, -0.15) is 0 Å². The second kappa shape index (κ2) is 7.14. The van der Waals surface area contributed by atoms with E-state index in [9.17, 15) is 9.18 Å². The summed E-state index contributed by atoms with van der Waals surface area (Å²) in [6.45, 7) is 0. The fraction of sp³-hybridized carbons (Fsp3) is 0.440. The van der Waals surface area contributed by atoms with E-state index in [0.717, 1.165) is 43.2 Å². The van der Waals surface area contributed by atoms with Crippen LogP contribution in [0.5, 0.6) is 0 Å². The Balaban J connectivity index is 1.67. The molecule has 31 heavy (non-hydrogen) atoms. The SMILES string of the molecule is COC1CCC2(CC1)Cc1ccc(-c3cc(F)cc(Cl)c3)cc1C21CC(=N)N(C)C1=O. The Morgan fingerprint density at radius 1 is 1.13 bits per heavy atom. The molecule has 6 heteroatoms. The number of carbonyl (C=O) groups is 1. The highest BCUT2D eigenvalue weighted by atomic mass is 35.5. The smallest absolute Gasteiger partial charge is 0.239 e. The van der Waals surface area contributed by atoms with E-state index in [0.29, 0.717) is 22.8 Å². The molecule has 4 nitrogen and oxygen atoms in total. The summed E-state index contributed by atoms with van der Waals surface area (Å²) in [7, 11) is 3.46.